The first-order valence-electron chi connectivity index (χ1n) is 7.96. The highest BCUT2D eigenvalue weighted by Crippen LogP contribution is 2.30. The molecular weight excluding hydrogens is 375 g/mol. The quantitative estimate of drug-likeness (QED) is 0.778. The van der Waals surface area contributed by atoms with E-state index in [4.69, 9.17) is 9.47 Å². The van der Waals surface area contributed by atoms with E-state index in [1.165, 1.54) is 39.3 Å². The van der Waals surface area contributed by atoms with Crippen LogP contribution in [-0.4, -0.2) is 40.8 Å². The van der Waals surface area contributed by atoms with E-state index in [1.54, 1.807) is 18.2 Å². The molecule has 0 heterocycles. The minimum absolute atomic E-state index is 0.204. The highest BCUT2D eigenvalue weighted by atomic mass is 32.2. The Balaban J connectivity index is 2.35. The summed E-state index contributed by atoms with van der Waals surface area (Å²) < 4.78 is 49.7. The Kier molecular flexibility index (Phi) is 6.27. The van der Waals surface area contributed by atoms with Gasteiger partial charge in [-0.25, -0.2) is 12.8 Å². The van der Waals surface area contributed by atoms with Gasteiger partial charge >= 0.3 is 0 Å². The molecule has 9 heteroatoms. The number of amides is 1. The van der Waals surface area contributed by atoms with E-state index in [0.717, 1.165) is 16.6 Å². The Hall–Kier alpha value is -2.81. The molecule has 0 aliphatic carbocycles. The minimum Gasteiger partial charge on any atom is -0.497 e. The summed E-state index contributed by atoms with van der Waals surface area (Å²) in [5.41, 5.74) is 0.126. The number of nitrogens with one attached hydrogen (secondary N) is 1. The van der Waals surface area contributed by atoms with Gasteiger partial charge in [0.15, 0.2) is 0 Å². The molecule has 0 spiro atoms. The second-order valence-corrected chi connectivity index (χ2v) is 7.60. The van der Waals surface area contributed by atoms with Crippen LogP contribution in [0.2, 0.25) is 0 Å². The van der Waals surface area contributed by atoms with Crippen molar-refractivity contribution in [1.82, 2.24) is 0 Å². The van der Waals surface area contributed by atoms with E-state index < -0.39 is 27.8 Å². The zero-order valence-corrected chi connectivity index (χ0v) is 16.2. The summed E-state index contributed by atoms with van der Waals surface area (Å²) in [7, 11) is -1.00. The lowest BCUT2D eigenvalue weighted by molar-refractivity contribution is -0.116. The van der Waals surface area contributed by atoms with Gasteiger partial charge in [-0.05, 0) is 31.2 Å². The molecule has 146 valence electrons. The number of para-hydroxylation sites is 1. The summed E-state index contributed by atoms with van der Waals surface area (Å²) >= 11 is 0. The molecule has 27 heavy (non-hydrogen) atoms. The highest BCUT2D eigenvalue weighted by Gasteiger charge is 2.31. The molecule has 0 fully saturated rings. The van der Waals surface area contributed by atoms with Crippen LogP contribution in [0, 0.1) is 5.82 Å². The number of benzene rings is 2. The molecule has 2 aromatic rings. The Morgan fingerprint density at radius 3 is 2.37 bits per heavy atom. The zero-order chi connectivity index (χ0) is 20.2. The van der Waals surface area contributed by atoms with Crippen LogP contribution in [0.15, 0.2) is 42.5 Å². The number of carbonyl (C=O) groups excluding carboxylic acids is 1. The van der Waals surface area contributed by atoms with E-state index in [9.17, 15) is 17.6 Å². The van der Waals surface area contributed by atoms with Gasteiger partial charge in [0.2, 0.25) is 15.9 Å². The summed E-state index contributed by atoms with van der Waals surface area (Å²) in [5.74, 6) is -0.523. The summed E-state index contributed by atoms with van der Waals surface area (Å²) in [4.78, 5) is 12.7. The molecule has 0 saturated carbocycles. The predicted molar refractivity (Wildman–Crippen MR) is 101 cm³/mol. The smallest absolute Gasteiger partial charge is 0.248 e. The fourth-order valence-electron chi connectivity index (χ4n) is 2.55. The molecular formula is C18H21FN2O5S. The number of halogens is 1. The van der Waals surface area contributed by atoms with Gasteiger partial charge in [0.1, 0.15) is 23.4 Å². The van der Waals surface area contributed by atoms with Crippen molar-refractivity contribution < 1.29 is 27.1 Å². The lowest BCUT2D eigenvalue weighted by atomic mass is 10.2. The summed E-state index contributed by atoms with van der Waals surface area (Å²) in [5, 5.41) is 2.61. The molecule has 1 atom stereocenters. The first-order chi connectivity index (χ1) is 12.7. The van der Waals surface area contributed by atoms with Crippen molar-refractivity contribution in [3.05, 3.63) is 48.3 Å². The molecule has 0 unspecified atom stereocenters. The van der Waals surface area contributed by atoms with Crippen LogP contribution >= 0.6 is 0 Å². The van der Waals surface area contributed by atoms with E-state index in [1.807, 2.05) is 0 Å². The molecule has 0 aliphatic heterocycles. The van der Waals surface area contributed by atoms with Gasteiger partial charge in [0.05, 0.1) is 31.9 Å². The van der Waals surface area contributed by atoms with Crippen molar-refractivity contribution in [2.45, 2.75) is 13.0 Å². The minimum atomic E-state index is -3.92. The SMILES string of the molecule is COc1ccc(NC(=O)[C@H](C)N(c2ccccc2F)S(C)(=O)=O)c(OC)c1. The van der Waals surface area contributed by atoms with E-state index in [2.05, 4.69) is 5.32 Å². The Labute approximate surface area is 157 Å². The second-order valence-electron chi connectivity index (χ2n) is 5.74. The molecule has 2 aromatic carbocycles. The van der Waals surface area contributed by atoms with Crippen molar-refractivity contribution in [3.8, 4) is 11.5 Å². The van der Waals surface area contributed by atoms with E-state index >= 15 is 0 Å². The first-order valence-corrected chi connectivity index (χ1v) is 9.80. The van der Waals surface area contributed by atoms with Crippen LogP contribution in [0.3, 0.4) is 0 Å². The third-order valence-electron chi connectivity index (χ3n) is 3.84. The molecule has 2 rings (SSSR count). The number of sulfonamides is 1. The third-order valence-corrected chi connectivity index (χ3v) is 5.07. The van der Waals surface area contributed by atoms with Crippen LogP contribution in [0.4, 0.5) is 15.8 Å². The number of rotatable bonds is 7. The van der Waals surface area contributed by atoms with Crippen molar-refractivity contribution >= 4 is 27.3 Å². The molecule has 0 aliphatic rings. The van der Waals surface area contributed by atoms with Crippen LogP contribution in [0.5, 0.6) is 11.5 Å². The number of methoxy groups -OCH3 is 2. The number of ether oxygens (including phenoxy) is 2. The molecule has 1 N–H and O–H groups in total. The maximum Gasteiger partial charge on any atom is 0.248 e. The average Bonchev–Trinajstić information content (AvgIpc) is 2.62. The fraction of sp³-hybridized carbons (Fsp3) is 0.278. The largest absolute Gasteiger partial charge is 0.497 e. The zero-order valence-electron chi connectivity index (χ0n) is 15.4. The lowest BCUT2D eigenvalue weighted by Crippen LogP contribution is -2.45. The molecule has 0 bridgehead atoms. The number of carbonyl (C=O) groups is 1. The highest BCUT2D eigenvalue weighted by molar-refractivity contribution is 7.92. The second kappa shape index (κ2) is 8.26. The lowest BCUT2D eigenvalue weighted by Gasteiger charge is -2.28. The molecule has 0 saturated heterocycles. The monoisotopic (exact) mass is 396 g/mol. The number of hydrogen-bond acceptors (Lipinski definition) is 5. The maximum absolute atomic E-state index is 14.2. The average molecular weight is 396 g/mol. The van der Waals surface area contributed by atoms with Crippen molar-refractivity contribution in [2.24, 2.45) is 0 Å². The van der Waals surface area contributed by atoms with Crippen LogP contribution in [-0.2, 0) is 14.8 Å². The van der Waals surface area contributed by atoms with Crippen molar-refractivity contribution in [3.63, 3.8) is 0 Å². The van der Waals surface area contributed by atoms with Gasteiger partial charge in [-0.3, -0.25) is 9.10 Å². The summed E-state index contributed by atoms with van der Waals surface area (Å²) in [6, 6.07) is 8.91. The van der Waals surface area contributed by atoms with Gasteiger partial charge in [0.25, 0.3) is 0 Å². The molecule has 0 aromatic heterocycles. The van der Waals surface area contributed by atoms with E-state index in [-0.39, 0.29) is 5.69 Å². The Morgan fingerprint density at radius 1 is 1.15 bits per heavy atom. The number of hydrogen-bond donors (Lipinski definition) is 1. The maximum atomic E-state index is 14.2. The van der Waals surface area contributed by atoms with Crippen LogP contribution in [0.25, 0.3) is 0 Å². The van der Waals surface area contributed by atoms with Crippen LogP contribution in [0.1, 0.15) is 6.92 Å². The van der Waals surface area contributed by atoms with Gasteiger partial charge in [-0.2, -0.15) is 0 Å². The van der Waals surface area contributed by atoms with Gasteiger partial charge in [-0.1, -0.05) is 12.1 Å². The summed E-state index contributed by atoms with van der Waals surface area (Å²) in [6.45, 7) is 1.37. The topological polar surface area (TPSA) is 84.9 Å². The van der Waals surface area contributed by atoms with Gasteiger partial charge in [-0.15, -0.1) is 0 Å². The Morgan fingerprint density at radius 2 is 1.81 bits per heavy atom. The number of nitrogens with zero attached hydrogens (tertiary/aromatic N) is 1. The van der Waals surface area contributed by atoms with E-state index in [0.29, 0.717) is 17.2 Å². The predicted octanol–water partition coefficient (Wildman–Crippen LogP) is 2.64. The van der Waals surface area contributed by atoms with Gasteiger partial charge in [0, 0.05) is 6.07 Å². The first kappa shape index (κ1) is 20.5. The third kappa shape index (κ3) is 4.68. The summed E-state index contributed by atoms with van der Waals surface area (Å²) in [6.07, 6.45) is 0.914. The molecule has 0 radical (unpaired) electrons. The van der Waals surface area contributed by atoms with Crippen molar-refractivity contribution in [1.29, 1.82) is 0 Å². The fourth-order valence-corrected chi connectivity index (χ4v) is 3.73. The normalized spacial score (nSPS) is 12.2. The van der Waals surface area contributed by atoms with Gasteiger partial charge < -0.3 is 14.8 Å². The standard InChI is InChI=1S/C18H21FN2O5S/c1-12(21(27(4,23)24)16-8-6-5-7-14(16)19)18(22)20-15-10-9-13(25-2)11-17(15)26-3/h5-12H,1-4H3,(H,20,22)/t12-/m0/s1. The molecule has 7 nitrogen and oxygen atoms in total. The van der Waals surface area contributed by atoms with Crippen LogP contribution < -0.4 is 19.1 Å². The van der Waals surface area contributed by atoms with Crippen molar-refractivity contribution in [2.75, 3.05) is 30.1 Å². The number of anilines is 2. The Bertz CT molecular complexity index is 933. The molecule has 1 amide bonds.